The molecule has 1 unspecified atom stereocenters. The predicted octanol–water partition coefficient (Wildman–Crippen LogP) is 1.11. The number of ether oxygens (including phenoxy) is 1. The summed E-state index contributed by atoms with van der Waals surface area (Å²) in [6.07, 6.45) is 2.78. The molecule has 0 saturated heterocycles. The third-order valence-corrected chi connectivity index (χ3v) is 2.05. The van der Waals surface area contributed by atoms with Crippen LogP contribution in [0.1, 0.15) is 26.7 Å². The SMILES string of the molecule is CCCC(=O)C=C([O][AlH])C(C)OC. The van der Waals surface area contributed by atoms with Gasteiger partial charge in [0.15, 0.2) is 5.78 Å². The fourth-order valence-electron chi connectivity index (χ4n) is 0.870. The molecule has 0 aliphatic heterocycles. The third kappa shape index (κ3) is 5.10. The Balaban J connectivity index is 4.28. The van der Waals surface area contributed by atoms with E-state index in [1.165, 1.54) is 22.7 Å². The first-order chi connectivity index (χ1) is 6.15. The molecular formula is C9H16AlO3. The van der Waals surface area contributed by atoms with Gasteiger partial charge in [-0.3, -0.25) is 4.79 Å². The van der Waals surface area contributed by atoms with Crippen LogP contribution in [-0.2, 0) is 13.3 Å². The first-order valence-corrected chi connectivity index (χ1v) is 4.92. The van der Waals surface area contributed by atoms with Gasteiger partial charge in [0.2, 0.25) is 0 Å². The molecule has 0 amide bonds. The number of hydrogen-bond acceptors (Lipinski definition) is 3. The molecule has 0 aromatic heterocycles. The normalized spacial score (nSPS) is 13.9. The average Bonchev–Trinajstić information content (AvgIpc) is 2.13. The second-order valence-corrected chi connectivity index (χ2v) is 3.07. The summed E-state index contributed by atoms with van der Waals surface area (Å²) in [7, 11) is 1.59. The van der Waals surface area contributed by atoms with Gasteiger partial charge in [-0.05, 0) is 13.3 Å². The van der Waals surface area contributed by atoms with E-state index >= 15 is 0 Å². The van der Waals surface area contributed by atoms with Crippen molar-refractivity contribution in [2.24, 2.45) is 0 Å². The van der Waals surface area contributed by atoms with Gasteiger partial charge in [0.1, 0.15) is 6.10 Å². The topological polar surface area (TPSA) is 35.5 Å². The van der Waals surface area contributed by atoms with Crippen molar-refractivity contribution in [1.82, 2.24) is 0 Å². The van der Waals surface area contributed by atoms with Crippen LogP contribution in [0.2, 0.25) is 0 Å². The lowest BCUT2D eigenvalue weighted by molar-refractivity contribution is -0.114. The quantitative estimate of drug-likeness (QED) is 0.365. The van der Waals surface area contributed by atoms with E-state index in [0.717, 1.165) is 6.42 Å². The lowest BCUT2D eigenvalue weighted by Crippen LogP contribution is -2.12. The Morgan fingerprint density at radius 2 is 2.23 bits per heavy atom. The van der Waals surface area contributed by atoms with Crippen molar-refractivity contribution in [2.45, 2.75) is 32.8 Å². The molecule has 0 heterocycles. The van der Waals surface area contributed by atoms with Gasteiger partial charge >= 0.3 is 16.6 Å². The van der Waals surface area contributed by atoms with Crippen LogP contribution in [0.5, 0.6) is 0 Å². The predicted molar refractivity (Wildman–Crippen MR) is 52.7 cm³/mol. The van der Waals surface area contributed by atoms with E-state index in [4.69, 9.17) is 8.53 Å². The van der Waals surface area contributed by atoms with Crippen molar-refractivity contribution < 1.29 is 13.3 Å². The number of rotatable bonds is 6. The van der Waals surface area contributed by atoms with E-state index in [1.54, 1.807) is 7.11 Å². The lowest BCUT2D eigenvalue weighted by atomic mass is 10.2. The van der Waals surface area contributed by atoms with Crippen LogP contribution in [0.3, 0.4) is 0 Å². The van der Waals surface area contributed by atoms with Gasteiger partial charge in [0.05, 0.1) is 5.76 Å². The highest BCUT2D eigenvalue weighted by atomic mass is 27.1. The van der Waals surface area contributed by atoms with Crippen LogP contribution in [0.4, 0.5) is 0 Å². The highest BCUT2D eigenvalue weighted by Gasteiger charge is 2.08. The zero-order valence-electron chi connectivity index (χ0n) is 8.50. The largest absolute Gasteiger partial charge is 0.651 e. The lowest BCUT2D eigenvalue weighted by Gasteiger charge is -2.14. The van der Waals surface area contributed by atoms with Crippen LogP contribution in [0.25, 0.3) is 0 Å². The standard InChI is InChI=1S/C9H16O3.Al.H/c1-4-5-8(10)6-9(11)7(2)12-3;;/h6-7,11H,4-5H2,1-3H3;;/q;+1;/p-1. The van der Waals surface area contributed by atoms with Crippen LogP contribution in [0, 0.1) is 0 Å². The summed E-state index contributed by atoms with van der Waals surface area (Å²) in [6, 6.07) is 0. The first-order valence-electron chi connectivity index (χ1n) is 4.34. The van der Waals surface area contributed by atoms with Crippen LogP contribution >= 0.6 is 0 Å². The zero-order chi connectivity index (χ0) is 10.3. The molecule has 0 fully saturated rings. The van der Waals surface area contributed by atoms with E-state index in [1.807, 2.05) is 13.8 Å². The van der Waals surface area contributed by atoms with Gasteiger partial charge < -0.3 is 8.53 Å². The van der Waals surface area contributed by atoms with Gasteiger partial charge in [-0.25, -0.2) is 0 Å². The number of ketones is 1. The summed E-state index contributed by atoms with van der Waals surface area (Å²) in [5.74, 6) is 0.687. The summed E-state index contributed by atoms with van der Waals surface area (Å²) < 4.78 is 10.1. The van der Waals surface area contributed by atoms with E-state index < -0.39 is 0 Å². The third-order valence-electron chi connectivity index (χ3n) is 1.72. The Hall–Kier alpha value is -0.298. The van der Waals surface area contributed by atoms with Gasteiger partial charge in [-0.2, -0.15) is 0 Å². The number of carbonyl (C=O) groups excluding carboxylic acids is 1. The minimum Gasteiger partial charge on any atom is -0.651 e. The maximum absolute atomic E-state index is 11.2. The molecule has 0 aromatic carbocycles. The Labute approximate surface area is 87.9 Å². The zero-order valence-corrected chi connectivity index (χ0v) is 9.91. The highest BCUT2D eigenvalue weighted by molar-refractivity contribution is 5.99. The summed E-state index contributed by atoms with van der Waals surface area (Å²) in [5.41, 5.74) is 0. The molecule has 0 rings (SSSR count). The smallest absolute Gasteiger partial charge is 0.494 e. The van der Waals surface area contributed by atoms with Crippen molar-refractivity contribution in [1.29, 1.82) is 0 Å². The second-order valence-electron chi connectivity index (χ2n) is 2.79. The van der Waals surface area contributed by atoms with Crippen molar-refractivity contribution in [3.8, 4) is 0 Å². The molecule has 1 atom stereocenters. The van der Waals surface area contributed by atoms with Crippen LogP contribution < -0.4 is 0 Å². The number of hydrogen-bond donors (Lipinski definition) is 0. The molecule has 0 aliphatic carbocycles. The van der Waals surface area contributed by atoms with Gasteiger partial charge in [0, 0.05) is 19.6 Å². The van der Waals surface area contributed by atoms with E-state index in [-0.39, 0.29) is 11.9 Å². The molecule has 73 valence electrons. The van der Waals surface area contributed by atoms with Gasteiger partial charge in [-0.15, -0.1) is 0 Å². The number of allylic oxidation sites excluding steroid dienone is 1. The molecule has 3 nitrogen and oxygen atoms in total. The summed E-state index contributed by atoms with van der Waals surface area (Å²) in [5, 5.41) is 0. The maximum atomic E-state index is 11.2. The molecule has 13 heavy (non-hydrogen) atoms. The Bertz CT molecular complexity index is 189. The highest BCUT2D eigenvalue weighted by Crippen LogP contribution is 2.06. The Morgan fingerprint density at radius 1 is 1.62 bits per heavy atom. The minimum absolute atomic E-state index is 0.0908. The monoisotopic (exact) mass is 199 g/mol. The fourth-order valence-corrected chi connectivity index (χ4v) is 1.19. The maximum Gasteiger partial charge on any atom is 0.494 e. The van der Waals surface area contributed by atoms with Crippen molar-refractivity contribution in [3.05, 3.63) is 11.8 Å². The van der Waals surface area contributed by atoms with Crippen LogP contribution in [-0.4, -0.2) is 35.6 Å². The van der Waals surface area contributed by atoms with Gasteiger partial charge in [0.25, 0.3) is 0 Å². The fraction of sp³-hybridized carbons (Fsp3) is 0.667. The van der Waals surface area contributed by atoms with E-state index in [2.05, 4.69) is 0 Å². The minimum atomic E-state index is -0.154. The molecule has 0 bridgehead atoms. The van der Waals surface area contributed by atoms with Crippen molar-refractivity contribution in [3.63, 3.8) is 0 Å². The van der Waals surface area contributed by atoms with E-state index in [9.17, 15) is 4.79 Å². The summed E-state index contributed by atoms with van der Waals surface area (Å²) in [4.78, 5) is 11.2. The number of carbonyl (C=O) groups is 1. The first kappa shape index (κ1) is 12.7. The molecule has 0 N–H and O–H groups in total. The molecule has 0 aliphatic rings. The second kappa shape index (κ2) is 7.14. The molecular weight excluding hydrogens is 183 g/mol. The Morgan fingerprint density at radius 3 is 2.62 bits per heavy atom. The summed E-state index contributed by atoms with van der Waals surface area (Å²) >= 11 is 1.35. The molecule has 1 radical (unpaired) electrons. The average molecular weight is 199 g/mol. The molecule has 0 spiro atoms. The number of methoxy groups -OCH3 is 1. The van der Waals surface area contributed by atoms with Crippen molar-refractivity contribution >= 4 is 22.4 Å². The molecule has 4 heteroatoms. The van der Waals surface area contributed by atoms with Crippen LogP contribution in [0.15, 0.2) is 11.8 Å². The molecule has 0 saturated carbocycles. The Kier molecular flexibility index (Phi) is 6.98. The van der Waals surface area contributed by atoms with Crippen molar-refractivity contribution in [2.75, 3.05) is 7.11 Å². The summed E-state index contributed by atoms with van der Waals surface area (Å²) in [6.45, 7) is 3.82. The van der Waals surface area contributed by atoms with E-state index in [0.29, 0.717) is 12.2 Å². The molecule has 0 aromatic rings. The van der Waals surface area contributed by atoms with Gasteiger partial charge in [-0.1, -0.05) is 6.92 Å².